The molecule has 1 N–H and O–H groups in total. The summed E-state index contributed by atoms with van der Waals surface area (Å²) in [5, 5.41) is 7.59. The van der Waals surface area contributed by atoms with Crippen LogP contribution in [-0.2, 0) is 10.0 Å². The summed E-state index contributed by atoms with van der Waals surface area (Å²) < 4.78 is 31.0. The van der Waals surface area contributed by atoms with Gasteiger partial charge in [-0.3, -0.25) is 4.79 Å². The Hall–Kier alpha value is -1.90. The predicted octanol–water partition coefficient (Wildman–Crippen LogP) is 2.99. The van der Waals surface area contributed by atoms with Gasteiger partial charge >= 0.3 is 0 Å². The van der Waals surface area contributed by atoms with E-state index >= 15 is 0 Å². The summed E-state index contributed by atoms with van der Waals surface area (Å²) in [7, 11) is -3.23. The molecule has 9 heteroatoms. The van der Waals surface area contributed by atoms with Gasteiger partial charge in [0.25, 0.3) is 5.91 Å². The summed E-state index contributed by atoms with van der Waals surface area (Å²) in [5.41, 5.74) is 1.42. The standard InChI is InChI=1S/C19H22ClN3O4S/c1-11-17(18(22-27-11)15-5-3-4-6-16(15)20)19(24)21-12-9-13-7-8-14(10-12)23(13)28(2,25)26/h3-6,12-14H,7-10H2,1-2H3,(H,21,24). The molecule has 2 atom stereocenters. The average molecular weight is 424 g/mol. The van der Waals surface area contributed by atoms with E-state index in [9.17, 15) is 13.2 Å². The van der Waals surface area contributed by atoms with E-state index in [1.165, 1.54) is 6.26 Å². The van der Waals surface area contributed by atoms with Crippen molar-refractivity contribution in [2.75, 3.05) is 6.26 Å². The lowest BCUT2D eigenvalue weighted by atomic mass is 9.98. The van der Waals surface area contributed by atoms with Crippen molar-refractivity contribution < 1.29 is 17.7 Å². The summed E-state index contributed by atoms with van der Waals surface area (Å²) in [6.07, 6.45) is 4.15. The topological polar surface area (TPSA) is 92.5 Å². The SMILES string of the molecule is Cc1onc(-c2ccccc2Cl)c1C(=O)NC1CC2CCC(C1)N2S(C)(=O)=O. The van der Waals surface area contributed by atoms with Crippen LogP contribution in [0.1, 0.15) is 41.8 Å². The molecule has 2 saturated heterocycles. The Morgan fingerprint density at radius 1 is 1.25 bits per heavy atom. The quantitative estimate of drug-likeness (QED) is 0.816. The number of amides is 1. The second kappa shape index (κ2) is 7.17. The third-order valence-corrected chi connectivity index (χ3v) is 7.29. The number of carbonyl (C=O) groups is 1. The molecule has 2 bridgehead atoms. The van der Waals surface area contributed by atoms with Gasteiger partial charge in [0.2, 0.25) is 10.0 Å². The van der Waals surface area contributed by atoms with Gasteiger partial charge in [-0.1, -0.05) is 35.0 Å². The maximum Gasteiger partial charge on any atom is 0.257 e. The van der Waals surface area contributed by atoms with Crippen LogP contribution < -0.4 is 5.32 Å². The molecule has 2 aromatic rings. The minimum atomic E-state index is -3.23. The number of sulfonamides is 1. The summed E-state index contributed by atoms with van der Waals surface area (Å²) >= 11 is 6.27. The summed E-state index contributed by atoms with van der Waals surface area (Å²) in [5.74, 6) is 0.148. The third-order valence-electron chi connectivity index (χ3n) is 5.60. The summed E-state index contributed by atoms with van der Waals surface area (Å²) in [4.78, 5) is 13.0. The van der Waals surface area contributed by atoms with Gasteiger partial charge in [0, 0.05) is 23.7 Å². The molecule has 3 heterocycles. The van der Waals surface area contributed by atoms with Crippen LogP contribution in [0.2, 0.25) is 5.02 Å². The molecule has 2 aliphatic heterocycles. The average Bonchev–Trinajstić information content (AvgIpc) is 3.13. The van der Waals surface area contributed by atoms with Crippen molar-refractivity contribution in [3.8, 4) is 11.3 Å². The van der Waals surface area contributed by atoms with Gasteiger partial charge in [0.05, 0.1) is 11.3 Å². The second-order valence-electron chi connectivity index (χ2n) is 7.56. The van der Waals surface area contributed by atoms with E-state index in [4.69, 9.17) is 16.1 Å². The first kappa shape index (κ1) is 19.4. The Morgan fingerprint density at radius 3 is 2.50 bits per heavy atom. The van der Waals surface area contributed by atoms with Gasteiger partial charge in [0.1, 0.15) is 17.0 Å². The molecule has 2 unspecified atom stereocenters. The van der Waals surface area contributed by atoms with Crippen LogP contribution >= 0.6 is 11.6 Å². The van der Waals surface area contributed by atoms with Crippen LogP contribution in [0.25, 0.3) is 11.3 Å². The van der Waals surface area contributed by atoms with Crippen LogP contribution in [0.15, 0.2) is 28.8 Å². The predicted molar refractivity (Wildman–Crippen MR) is 106 cm³/mol. The van der Waals surface area contributed by atoms with E-state index in [-0.39, 0.29) is 24.0 Å². The highest BCUT2D eigenvalue weighted by atomic mass is 35.5. The van der Waals surface area contributed by atoms with Gasteiger partial charge in [-0.05, 0) is 38.7 Å². The minimum absolute atomic E-state index is 0.0503. The fraction of sp³-hybridized carbons (Fsp3) is 0.474. The maximum atomic E-state index is 13.0. The number of fused-ring (bicyclic) bond motifs is 2. The van der Waals surface area contributed by atoms with Crippen molar-refractivity contribution in [1.29, 1.82) is 0 Å². The van der Waals surface area contributed by atoms with E-state index in [1.807, 2.05) is 12.1 Å². The number of benzene rings is 1. The molecular formula is C19H22ClN3O4S. The molecule has 0 radical (unpaired) electrons. The number of hydrogen-bond acceptors (Lipinski definition) is 5. The van der Waals surface area contributed by atoms with Crippen LogP contribution in [0.5, 0.6) is 0 Å². The molecule has 1 aromatic carbocycles. The molecule has 0 aliphatic carbocycles. The molecule has 1 aromatic heterocycles. The molecule has 28 heavy (non-hydrogen) atoms. The minimum Gasteiger partial charge on any atom is -0.360 e. The zero-order chi connectivity index (χ0) is 20.1. The van der Waals surface area contributed by atoms with Crippen LogP contribution in [0, 0.1) is 6.92 Å². The largest absolute Gasteiger partial charge is 0.360 e. The Balaban J connectivity index is 1.55. The van der Waals surface area contributed by atoms with Crippen molar-refractivity contribution in [2.45, 2.75) is 50.7 Å². The zero-order valence-electron chi connectivity index (χ0n) is 15.7. The van der Waals surface area contributed by atoms with E-state index in [0.29, 0.717) is 40.4 Å². The second-order valence-corrected chi connectivity index (χ2v) is 9.86. The third kappa shape index (κ3) is 3.44. The number of nitrogens with zero attached hydrogens (tertiary/aromatic N) is 2. The Morgan fingerprint density at radius 2 is 1.89 bits per heavy atom. The first-order valence-corrected chi connectivity index (χ1v) is 11.5. The number of hydrogen-bond donors (Lipinski definition) is 1. The van der Waals surface area contributed by atoms with Crippen molar-refractivity contribution in [3.63, 3.8) is 0 Å². The number of aromatic nitrogens is 1. The fourth-order valence-corrected chi connectivity index (χ4v) is 6.22. The molecule has 150 valence electrons. The lowest BCUT2D eigenvalue weighted by molar-refractivity contribution is 0.0908. The van der Waals surface area contributed by atoms with E-state index in [0.717, 1.165) is 12.8 Å². The molecule has 1 amide bonds. The number of nitrogens with one attached hydrogen (secondary N) is 1. The summed E-state index contributed by atoms with van der Waals surface area (Å²) in [6.45, 7) is 1.69. The molecule has 0 saturated carbocycles. The van der Waals surface area contributed by atoms with Crippen LogP contribution in [0.4, 0.5) is 0 Å². The number of halogens is 1. The van der Waals surface area contributed by atoms with Crippen LogP contribution in [0.3, 0.4) is 0 Å². The first-order valence-electron chi connectivity index (χ1n) is 9.26. The Labute approximate surface area is 169 Å². The number of rotatable bonds is 4. The lowest BCUT2D eigenvalue weighted by Gasteiger charge is -2.37. The molecular weight excluding hydrogens is 402 g/mol. The van der Waals surface area contributed by atoms with Crippen molar-refractivity contribution >= 4 is 27.5 Å². The van der Waals surface area contributed by atoms with Crippen molar-refractivity contribution in [3.05, 3.63) is 40.6 Å². The normalized spacial score (nSPS) is 25.0. The highest BCUT2D eigenvalue weighted by Gasteiger charge is 2.45. The van der Waals surface area contributed by atoms with Crippen molar-refractivity contribution in [2.24, 2.45) is 0 Å². The maximum absolute atomic E-state index is 13.0. The Bertz CT molecular complexity index is 1010. The number of piperidine rings is 1. The van der Waals surface area contributed by atoms with E-state index < -0.39 is 10.0 Å². The number of carbonyl (C=O) groups excluding carboxylic acids is 1. The molecule has 4 rings (SSSR count). The van der Waals surface area contributed by atoms with Gasteiger partial charge in [-0.15, -0.1) is 0 Å². The molecule has 2 aliphatic rings. The van der Waals surface area contributed by atoms with Crippen molar-refractivity contribution in [1.82, 2.24) is 14.8 Å². The fourth-order valence-electron chi connectivity index (χ4n) is 4.53. The molecule has 7 nitrogen and oxygen atoms in total. The van der Waals surface area contributed by atoms with E-state index in [1.54, 1.807) is 23.4 Å². The van der Waals surface area contributed by atoms with E-state index in [2.05, 4.69) is 10.5 Å². The van der Waals surface area contributed by atoms with Gasteiger partial charge < -0.3 is 9.84 Å². The van der Waals surface area contributed by atoms with Crippen LogP contribution in [-0.4, -0.2) is 48.2 Å². The zero-order valence-corrected chi connectivity index (χ0v) is 17.3. The summed E-state index contributed by atoms with van der Waals surface area (Å²) in [6, 6.07) is 6.98. The van der Waals surface area contributed by atoms with Gasteiger partial charge in [-0.25, -0.2) is 8.42 Å². The highest BCUT2D eigenvalue weighted by molar-refractivity contribution is 7.88. The molecule has 0 spiro atoms. The highest BCUT2D eigenvalue weighted by Crippen LogP contribution is 2.38. The lowest BCUT2D eigenvalue weighted by Crippen LogP contribution is -2.52. The smallest absolute Gasteiger partial charge is 0.257 e. The molecule has 2 fully saturated rings. The first-order chi connectivity index (χ1) is 13.3. The monoisotopic (exact) mass is 423 g/mol. The Kier molecular flexibility index (Phi) is 4.97. The van der Waals surface area contributed by atoms with Gasteiger partial charge in [-0.2, -0.15) is 4.31 Å². The number of aryl methyl sites for hydroxylation is 1. The van der Waals surface area contributed by atoms with Gasteiger partial charge in [0.15, 0.2) is 0 Å².